The Balaban J connectivity index is 2.55. The second-order valence-electron chi connectivity index (χ2n) is 3.35. The molecule has 0 fully saturated rings. The van der Waals surface area contributed by atoms with Crippen molar-refractivity contribution >= 4 is 17.3 Å². The second kappa shape index (κ2) is 8.13. The molecular formula is C9H16N6O4. The van der Waals surface area contributed by atoms with Gasteiger partial charge < -0.3 is 20.2 Å². The number of aromatic nitrogens is 2. The summed E-state index contributed by atoms with van der Waals surface area (Å²) in [7, 11) is 1.58. The molecule has 0 unspecified atom stereocenters. The zero-order valence-electron chi connectivity index (χ0n) is 10.5. The molecule has 1 rings (SSSR count). The minimum Gasteiger partial charge on any atom is -0.382 e. The van der Waals surface area contributed by atoms with Crippen molar-refractivity contribution in [3.8, 4) is 0 Å². The van der Waals surface area contributed by atoms with Crippen LogP contribution in [-0.2, 0) is 9.47 Å². The van der Waals surface area contributed by atoms with Crippen molar-refractivity contribution < 1.29 is 14.4 Å². The van der Waals surface area contributed by atoms with Crippen LogP contribution in [0.3, 0.4) is 0 Å². The van der Waals surface area contributed by atoms with Gasteiger partial charge in [0.2, 0.25) is 11.6 Å². The van der Waals surface area contributed by atoms with Crippen molar-refractivity contribution in [3.05, 3.63) is 16.4 Å². The van der Waals surface area contributed by atoms with E-state index in [1.54, 1.807) is 7.11 Å². The number of nitrogens with one attached hydrogen (secondary N) is 2. The first-order valence-corrected chi connectivity index (χ1v) is 5.47. The number of hydrogen-bond donors (Lipinski definition) is 3. The maximum Gasteiger partial charge on any atom is 0.354 e. The van der Waals surface area contributed by atoms with Crippen LogP contribution in [0, 0.1) is 10.1 Å². The fraction of sp³-hybridized carbons (Fsp3) is 0.556. The highest BCUT2D eigenvalue weighted by Crippen LogP contribution is 2.27. The summed E-state index contributed by atoms with van der Waals surface area (Å²) in [5.41, 5.74) is 1.85. The summed E-state index contributed by atoms with van der Waals surface area (Å²) in [6.07, 6.45) is 1.18. The Labute approximate surface area is 109 Å². The van der Waals surface area contributed by atoms with E-state index in [4.69, 9.17) is 15.3 Å². The van der Waals surface area contributed by atoms with Crippen molar-refractivity contribution in [2.24, 2.45) is 5.84 Å². The average Bonchev–Trinajstić information content (AvgIpc) is 2.42. The molecule has 0 saturated heterocycles. The Hall–Kier alpha value is -2.04. The van der Waals surface area contributed by atoms with Gasteiger partial charge in [0.25, 0.3) is 0 Å². The van der Waals surface area contributed by atoms with E-state index in [9.17, 15) is 10.1 Å². The molecule has 10 heteroatoms. The molecule has 1 heterocycles. The Kier molecular flexibility index (Phi) is 6.43. The van der Waals surface area contributed by atoms with Gasteiger partial charge in [0, 0.05) is 13.7 Å². The van der Waals surface area contributed by atoms with Crippen molar-refractivity contribution in [2.75, 3.05) is 44.2 Å². The number of anilines is 2. The molecule has 1 aromatic heterocycles. The lowest BCUT2D eigenvalue weighted by Gasteiger charge is -2.08. The smallest absolute Gasteiger partial charge is 0.354 e. The van der Waals surface area contributed by atoms with Crippen LogP contribution in [0.15, 0.2) is 6.33 Å². The van der Waals surface area contributed by atoms with Crippen LogP contribution in [0.4, 0.5) is 17.3 Å². The van der Waals surface area contributed by atoms with Crippen LogP contribution in [0.1, 0.15) is 0 Å². The van der Waals surface area contributed by atoms with E-state index in [-0.39, 0.29) is 17.3 Å². The largest absolute Gasteiger partial charge is 0.382 e. The molecule has 0 bridgehead atoms. The summed E-state index contributed by atoms with van der Waals surface area (Å²) >= 11 is 0. The molecule has 19 heavy (non-hydrogen) atoms. The molecule has 0 amide bonds. The van der Waals surface area contributed by atoms with Crippen molar-refractivity contribution in [1.29, 1.82) is 0 Å². The summed E-state index contributed by atoms with van der Waals surface area (Å²) in [5, 5.41) is 13.7. The highest BCUT2D eigenvalue weighted by atomic mass is 16.6. The quantitative estimate of drug-likeness (QED) is 0.240. The van der Waals surface area contributed by atoms with Gasteiger partial charge in [-0.25, -0.2) is 15.8 Å². The maximum absolute atomic E-state index is 10.9. The van der Waals surface area contributed by atoms with E-state index < -0.39 is 4.92 Å². The third-order valence-corrected chi connectivity index (χ3v) is 2.11. The van der Waals surface area contributed by atoms with E-state index in [0.717, 1.165) is 0 Å². The lowest BCUT2D eigenvalue weighted by molar-refractivity contribution is -0.383. The molecular weight excluding hydrogens is 256 g/mol. The van der Waals surface area contributed by atoms with E-state index in [1.807, 2.05) is 0 Å². The van der Waals surface area contributed by atoms with Gasteiger partial charge in [0.15, 0.2) is 0 Å². The van der Waals surface area contributed by atoms with Gasteiger partial charge in [0.05, 0.1) is 24.7 Å². The normalized spacial score (nSPS) is 10.2. The van der Waals surface area contributed by atoms with Crippen molar-refractivity contribution in [1.82, 2.24) is 9.97 Å². The van der Waals surface area contributed by atoms with Gasteiger partial charge in [-0.1, -0.05) is 0 Å². The highest BCUT2D eigenvalue weighted by Gasteiger charge is 2.21. The summed E-state index contributed by atoms with van der Waals surface area (Å²) in [6, 6.07) is 0. The van der Waals surface area contributed by atoms with E-state index in [2.05, 4.69) is 20.7 Å². The molecule has 1 aromatic rings. The van der Waals surface area contributed by atoms with Crippen LogP contribution in [-0.4, -0.2) is 48.4 Å². The average molecular weight is 272 g/mol. The van der Waals surface area contributed by atoms with Gasteiger partial charge >= 0.3 is 5.69 Å². The standard InChI is InChI=1S/C9H16N6O4/c1-18-4-5-19-3-2-11-8-7(15(16)17)9(14-10)13-6-12-8/h6H,2-5,10H2,1H3,(H2,11,12,13,14). The topological polar surface area (TPSA) is 137 Å². The number of ether oxygens (including phenoxy) is 2. The molecule has 0 saturated carbocycles. The summed E-state index contributed by atoms with van der Waals surface area (Å²) < 4.78 is 10.0. The monoisotopic (exact) mass is 272 g/mol. The zero-order chi connectivity index (χ0) is 14.1. The van der Waals surface area contributed by atoms with Crippen LogP contribution in [0.5, 0.6) is 0 Å². The molecule has 0 aromatic carbocycles. The van der Waals surface area contributed by atoms with Crippen LogP contribution in [0.2, 0.25) is 0 Å². The fourth-order valence-corrected chi connectivity index (χ4v) is 1.27. The van der Waals surface area contributed by atoms with Gasteiger partial charge in [-0.2, -0.15) is 0 Å². The fourth-order valence-electron chi connectivity index (χ4n) is 1.27. The second-order valence-corrected chi connectivity index (χ2v) is 3.35. The molecule has 0 aliphatic rings. The molecule has 0 aliphatic heterocycles. The zero-order valence-corrected chi connectivity index (χ0v) is 10.5. The Morgan fingerprint density at radius 1 is 1.37 bits per heavy atom. The Bertz CT molecular complexity index is 416. The van der Waals surface area contributed by atoms with Gasteiger partial charge in [-0.3, -0.25) is 10.1 Å². The first-order valence-electron chi connectivity index (χ1n) is 5.47. The van der Waals surface area contributed by atoms with Crippen LogP contribution < -0.4 is 16.6 Å². The van der Waals surface area contributed by atoms with Crippen molar-refractivity contribution in [3.63, 3.8) is 0 Å². The predicted octanol–water partition coefficient (Wildman–Crippen LogP) is -0.255. The van der Waals surface area contributed by atoms with Gasteiger partial charge in [0.1, 0.15) is 6.33 Å². The number of methoxy groups -OCH3 is 1. The molecule has 0 spiro atoms. The number of nitrogen functional groups attached to an aromatic ring is 1. The van der Waals surface area contributed by atoms with E-state index in [0.29, 0.717) is 26.4 Å². The molecule has 106 valence electrons. The first-order chi connectivity index (χ1) is 9.20. The molecule has 10 nitrogen and oxygen atoms in total. The summed E-state index contributed by atoms with van der Waals surface area (Å²) in [5.74, 6) is 5.19. The maximum atomic E-state index is 10.9. The van der Waals surface area contributed by atoms with Crippen LogP contribution in [0.25, 0.3) is 0 Å². The third kappa shape index (κ3) is 4.62. The predicted molar refractivity (Wildman–Crippen MR) is 67.7 cm³/mol. The Morgan fingerprint density at radius 2 is 2.11 bits per heavy atom. The minimum absolute atomic E-state index is 0.0530. The van der Waals surface area contributed by atoms with E-state index >= 15 is 0 Å². The van der Waals surface area contributed by atoms with Gasteiger partial charge in [-0.05, 0) is 0 Å². The van der Waals surface area contributed by atoms with Crippen LogP contribution >= 0.6 is 0 Å². The lowest BCUT2D eigenvalue weighted by Crippen LogP contribution is -2.16. The van der Waals surface area contributed by atoms with E-state index in [1.165, 1.54) is 6.33 Å². The minimum atomic E-state index is -0.608. The van der Waals surface area contributed by atoms with Gasteiger partial charge in [-0.15, -0.1) is 0 Å². The number of rotatable bonds is 9. The number of hydrogen-bond acceptors (Lipinski definition) is 9. The molecule has 0 atom stereocenters. The molecule has 0 radical (unpaired) electrons. The number of hydrazine groups is 1. The summed E-state index contributed by atoms with van der Waals surface area (Å²) in [4.78, 5) is 17.8. The first kappa shape index (κ1) is 15.0. The molecule has 0 aliphatic carbocycles. The third-order valence-electron chi connectivity index (χ3n) is 2.11. The Morgan fingerprint density at radius 3 is 2.74 bits per heavy atom. The number of nitrogens with zero attached hydrogens (tertiary/aromatic N) is 3. The number of nitro groups is 1. The SMILES string of the molecule is COCCOCCNc1ncnc(NN)c1[N+](=O)[O-]. The summed E-state index contributed by atoms with van der Waals surface area (Å²) in [6.45, 7) is 1.69. The molecule has 4 N–H and O–H groups in total. The van der Waals surface area contributed by atoms with Crippen molar-refractivity contribution in [2.45, 2.75) is 0 Å². The highest BCUT2D eigenvalue weighted by molar-refractivity contribution is 5.68. The lowest BCUT2D eigenvalue weighted by atomic mass is 10.4. The number of nitrogens with two attached hydrogens (primary N) is 1.